The number of nitrogens with zero attached hydrogens (tertiary/aromatic N) is 2. The first-order chi connectivity index (χ1) is 14.8. The Morgan fingerprint density at radius 3 is 2.42 bits per heavy atom. The molecule has 0 aliphatic heterocycles. The number of hydrogen-bond donors (Lipinski definition) is 2. The summed E-state index contributed by atoms with van der Waals surface area (Å²) in [6.45, 7) is 0. The van der Waals surface area contributed by atoms with Crippen molar-refractivity contribution < 1.29 is 18.9 Å². The summed E-state index contributed by atoms with van der Waals surface area (Å²) in [5, 5.41) is 16.4. The van der Waals surface area contributed by atoms with Crippen molar-refractivity contribution in [2.75, 3.05) is 29.6 Å². The lowest BCUT2D eigenvalue weighted by molar-refractivity contribution is -0.384. The molecule has 2 amide bonds. The first kappa shape index (κ1) is 22.2. The van der Waals surface area contributed by atoms with Crippen molar-refractivity contribution in [2.24, 2.45) is 5.92 Å². The van der Waals surface area contributed by atoms with Gasteiger partial charge in [0.1, 0.15) is 5.82 Å². The quantitative estimate of drug-likeness (QED) is 0.518. The maximum Gasteiger partial charge on any atom is 0.270 e. The highest BCUT2D eigenvalue weighted by Gasteiger charge is 2.23. The molecule has 0 radical (unpaired) electrons. The monoisotopic (exact) mass is 428 g/mol. The van der Waals surface area contributed by atoms with Crippen molar-refractivity contribution in [2.45, 2.75) is 32.1 Å². The third-order valence-corrected chi connectivity index (χ3v) is 5.38. The summed E-state index contributed by atoms with van der Waals surface area (Å²) < 4.78 is 14.3. The van der Waals surface area contributed by atoms with Crippen LogP contribution >= 0.6 is 0 Å². The molecule has 1 aliphatic carbocycles. The number of carbonyl (C=O) groups excluding carboxylic acids is 2. The number of amides is 2. The average Bonchev–Trinajstić information content (AvgIpc) is 2.76. The summed E-state index contributed by atoms with van der Waals surface area (Å²) in [5.41, 5.74) is 0.643. The molecular weight excluding hydrogens is 403 g/mol. The number of rotatable bonds is 6. The first-order valence-electron chi connectivity index (χ1n) is 10.1. The van der Waals surface area contributed by atoms with Crippen LogP contribution in [-0.4, -0.2) is 30.8 Å². The van der Waals surface area contributed by atoms with Crippen LogP contribution in [0.1, 0.15) is 42.5 Å². The summed E-state index contributed by atoms with van der Waals surface area (Å²) in [7, 11) is 3.43. The molecular formula is C22H25FN4O4. The second-order valence-electron chi connectivity index (χ2n) is 7.83. The van der Waals surface area contributed by atoms with Gasteiger partial charge in [-0.2, -0.15) is 0 Å². The minimum atomic E-state index is -0.605. The SMILES string of the molecule is CN(C)c1ccc([N+](=O)[O-])cc1C(=O)Nc1ccc(F)c(NC(=O)C2CCCCC2)c1. The Morgan fingerprint density at radius 1 is 1.06 bits per heavy atom. The zero-order chi connectivity index (χ0) is 22.5. The van der Waals surface area contributed by atoms with Gasteiger partial charge in [0.25, 0.3) is 11.6 Å². The Hall–Kier alpha value is -3.49. The number of anilines is 3. The minimum absolute atomic E-state index is 0.0137. The van der Waals surface area contributed by atoms with Crippen molar-refractivity contribution in [1.82, 2.24) is 0 Å². The summed E-state index contributed by atoms with van der Waals surface area (Å²) in [5.74, 6) is -1.55. The highest BCUT2D eigenvalue weighted by molar-refractivity contribution is 6.09. The summed E-state index contributed by atoms with van der Waals surface area (Å²) in [6.07, 6.45) is 4.63. The molecule has 0 unspecified atom stereocenters. The third-order valence-electron chi connectivity index (χ3n) is 5.38. The van der Waals surface area contributed by atoms with Crippen LogP contribution in [0.2, 0.25) is 0 Å². The molecule has 0 bridgehead atoms. The van der Waals surface area contributed by atoms with Crippen LogP contribution in [-0.2, 0) is 4.79 Å². The van der Waals surface area contributed by atoms with E-state index >= 15 is 0 Å². The Balaban J connectivity index is 1.80. The average molecular weight is 428 g/mol. The number of benzene rings is 2. The number of nitro benzene ring substituents is 1. The van der Waals surface area contributed by atoms with Gasteiger partial charge in [-0.15, -0.1) is 0 Å². The molecule has 2 aromatic carbocycles. The van der Waals surface area contributed by atoms with Crippen LogP contribution in [0.5, 0.6) is 0 Å². The van der Waals surface area contributed by atoms with E-state index in [-0.39, 0.29) is 34.5 Å². The minimum Gasteiger partial charge on any atom is -0.377 e. The van der Waals surface area contributed by atoms with Crippen molar-refractivity contribution >= 4 is 34.6 Å². The van der Waals surface area contributed by atoms with Gasteiger partial charge in [0.2, 0.25) is 5.91 Å². The highest BCUT2D eigenvalue weighted by atomic mass is 19.1. The van der Waals surface area contributed by atoms with E-state index in [2.05, 4.69) is 10.6 Å². The maximum absolute atomic E-state index is 14.3. The number of nitrogens with one attached hydrogen (secondary N) is 2. The molecule has 0 aromatic heterocycles. The van der Waals surface area contributed by atoms with E-state index in [0.717, 1.165) is 38.2 Å². The molecule has 3 rings (SSSR count). The van der Waals surface area contributed by atoms with Crippen LogP contribution in [0, 0.1) is 21.8 Å². The van der Waals surface area contributed by atoms with Gasteiger partial charge in [0, 0.05) is 43.5 Å². The highest BCUT2D eigenvalue weighted by Crippen LogP contribution is 2.28. The normalized spacial score (nSPS) is 14.0. The van der Waals surface area contributed by atoms with Gasteiger partial charge in [-0.05, 0) is 37.1 Å². The van der Waals surface area contributed by atoms with E-state index in [9.17, 15) is 24.1 Å². The van der Waals surface area contributed by atoms with Crippen LogP contribution in [0.4, 0.5) is 27.1 Å². The van der Waals surface area contributed by atoms with Crippen LogP contribution < -0.4 is 15.5 Å². The maximum atomic E-state index is 14.3. The lowest BCUT2D eigenvalue weighted by atomic mass is 9.88. The molecule has 164 valence electrons. The van der Waals surface area contributed by atoms with Gasteiger partial charge in [-0.25, -0.2) is 4.39 Å². The molecule has 0 saturated heterocycles. The van der Waals surface area contributed by atoms with Crippen LogP contribution in [0.25, 0.3) is 0 Å². The van der Waals surface area contributed by atoms with E-state index in [1.54, 1.807) is 19.0 Å². The Kier molecular flexibility index (Phi) is 6.84. The predicted molar refractivity (Wildman–Crippen MR) is 117 cm³/mol. The van der Waals surface area contributed by atoms with Gasteiger partial charge >= 0.3 is 0 Å². The Labute approximate surface area is 179 Å². The molecule has 2 N–H and O–H groups in total. The van der Waals surface area contributed by atoms with Crippen LogP contribution in [0.15, 0.2) is 36.4 Å². The van der Waals surface area contributed by atoms with Gasteiger partial charge in [-0.1, -0.05) is 19.3 Å². The summed E-state index contributed by atoms with van der Waals surface area (Å²) in [4.78, 5) is 37.5. The standard InChI is InChI=1S/C22H25FN4O4/c1-26(2)20-11-9-16(27(30)31)13-17(20)22(29)24-15-8-10-18(23)19(12-15)25-21(28)14-6-4-3-5-7-14/h8-14H,3-7H2,1-2H3,(H,24,29)(H,25,28). The van der Waals surface area contributed by atoms with E-state index in [4.69, 9.17) is 0 Å². The molecule has 8 nitrogen and oxygen atoms in total. The molecule has 2 aromatic rings. The topological polar surface area (TPSA) is 105 Å². The number of non-ortho nitro benzene ring substituents is 1. The van der Waals surface area contributed by atoms with Crippen molar-refractivity contribution in [3.05, 3.63) is 57.9 Å². The fraction of sp³-hybridized carbons (Fsp3) is 0.364. The Morgan fingerprint density at radius 2 is 1.77 bits per heavy atom. The fourth-order valence-electron chi connectivity index (χ4n) is 3.71. The first-order valence-corrected chi connectivity index (χ1v) is 10.1. The zero-order valence-electron chi connectivity index (χ0n) is 17.5. The number of nitro groups is 1. The van der Waals surface area contributed by atoms with E-state index in [0.29, 0.717) is 5.69 Å². The molecule has 1 saturated carbocycles. The molecule has 1 aliphatic rings. The molecule has 0 spiro atoms. The number of halogens is 1. The van der Waals surface area contributed by atoms with Crippen LogP contribution in [0.3, 0.4) is 0 Å². The van der Waals surface area contributed by atoms with Crippen molar-refractivity contribution in [3.63, 3.8) is 0 Å². The molecule has 0 atom stereocenters. The van der Waals surface area contributed by atoms with Gasteiger partial charge in [0.05, 0.1) is 16.2 Å². The lowest BCUT2D eigenvalue weighted by Crippen LogP contribution is -2.25. The van der Waals surface area contributed by atoms with Gasteiger partial charge < -0.3 is 15.5 Å². The fourth-order valence-corrected chi connectivity index (χ4v) is 3.71. The summed E-state index contributed by atoms with van der Waals surface area (Å²) in [6, 6.07) is 7.89. The largest absolute Gasteiger partial charge is 0.377 e. The third kappa shape index (κ3) is 5.36. The molecule has 0 heterocycles. The van der Waals surface area contributed by atoms with E-state index in [1.807, 2.05) is 0 Å². The number of carbonyl (C=O) groups is 2. The van der Waals surface area contributed by atoms with Crippen molar-refractivity contribution in [3.8, 4) is 0 Å². The van der Waals surface area contributed by atoms with Crippen molar-refractivity contribution in [1.29, 1.82) is 0 Å². The van der Waals surface area contributed by atoms with E-state index < -0.39 is 16.6 Å². The zero-order valence-corrected chi connectivity index (χ0v) is 17.5. The Bertz CT molecular complexity index is 1000. The molecule has 31 heavy (non-hydrogen) atoms. The van der Waals surface area contributed by atoms with Gasteiger partial charge in [-0.3, -0.25) is 19.7 Å². The van der Waals surface area contributed by atoms with E-state index in [1.165, 1.54) is 30.3 Å². The number of hydrogen-bond acceptors (Lipinski definition) is 5. The molecule has 9 heteroatoms. The predicted octanol–water partition coefficient (Wildman–Crippen LogP) is 4.57. The van der Waals surface area contributed by atoms with Gasteiger partial charge in [0.15, 0.2) is 0 Å². The summed E-state index contributed by atoms with van der Waals surface area (Å²) >= 11 is 0. The second kappa shape index (κ2) is 9.55. The smallest absolute Gasteiger partial charge is 0.270 e. The lowest BCUT2D eigenvalue weighted by Gasteiger charge is -2.21. The second-order valence-corrected chi connectivity index (χ2v) is 7.83. The molecule has 1 fully saturated rings.